The topological polar surface area (TPSA) is 20.2 Å². The third-order valence-corrected chi connectivity index (χ3v) is 3.76. The Balaban J connectivity index is 0. The molecule has 0 aliphatic heterocycles. The average molecular weight is 270 g/mol. The largest absolute Gasteiger partial charge is 1.00 e. The first-order valence-electron chi connectivity index (χ1n) is 8.11. The number of hydrogen-bond acceptors (Lipinski definition) is 1. The van der Waals surface area contributed by atoms with Crippen molar-refractivity contribution in [2.45, 2.75) is 77.6 Å². The Morgan fingerprint density at radius 1 is 0.750 bits per heavy atom. The SMILES string of the molecule is CCCCCCCCCCCCc1ccc(O)cc1.[H-].[Li+]. The third kappa shape index (κ3) is 10.4. The van der Waals surface area contributed by atoms with Gasteiger partial charge in [0.2, 0.25) is 0 Å². The zero-order valence-corrected chi connectivity index (χ0v) is 13.5. The molecule has 1 N–H and O–H groups in total. The van der Waals surface area contributed by atoms with Gasteiger partial charge in [0.15, 0.2) is 0 Å². The van der Waals surface area contributed by atoms with Gasteiger partial charge in [-0.25, -0.2) is 0 Å². The molecule has 1 rings (SSSR count). The van der Waals surface area contributed by atoms with Gasteiger partial charge in [0, 0.05) is 0 Å². The van der Waals surface area contributed by atoms with E-state index in [4.69, 9.17) is 0 Å². The van der Waals surface area contributed by atoms with E-state index < -0.39 is 0 Å². The number of aromatic hydroxyl groups is 1. The van der Waals surface area contributed by atoms with Crippen molar-refractivity contribution in [2.24, 2.45) is 0 Å². The van der Waals surface area contributed by atoms with E-state index in [0.717, 1.165) is 6.42 Å². The van der Waals surface area contributed by atoms with Crippen molar-refractivity contribution in [1.29, 1.82) is 0 Å². The monoisotopic (exact) mass is 270 g/mol. The van der Waals surface area contributed by atoms with Gasteiger partial charge in [-0.05, 0) is 30.5 Å². The maximum absolute atomic E-state index is 9.20. The Morgan fingerprint density at radius 2 is 1.20 bits per heavy atom. The fraction of sp³-hybridized carbons (Fsp3) is 0.667. The van der Waals surface area contributed by atoms with Crippen LogP contribution >= 0.6 is 0 Å². The molecule has 0 aromatic heterocycles. The van der Waals surface area contributed by atoms with Gasteiger partial charge >= 0.3 is 18.9 Å². The van der Waals surface area contributed by atoms with Gasteiger partial charge in [0.1, 0.15) is 5.75 Å². The summed E-state index contributed by atoms with van der Waals surface area (Å²) in [5.41, 5.74) is 1.34. The minimum atomic E-state index is 0. The molecular weight excluding hydrogens is 239 g/mol. The molecule has 0 atom stereocenters. The minimum absolute atomic E-state index is 0. The second-order valence-corrected chi connectivity index (χ2v) is 5.60. The number of benzene rings is 1. The molecule has 0 fully saturated rings. The van der Waals surface area contributed by atoms with Crippen LogP contribution in [0.4, 0.5) is 0 Å². The van der Waals surface area contributed by atoms with Crippen LogP contribution < -0.4 is 18.9 Å². The average Bonchev–Trinajstić information content (AvgIpc) is 2.43. The van der Waals surface area contributed by atoms with E-state index in [1.165, 1.54) is 69.8 Å². The first-order valence-corrected chi connectivity index (χ1v) is 8.11. The Kier molecular flexibility index (Phi) is 13.3. The molecule has 0 unspecified atom stereocenters. The van der Waals surface area contributed by atoms with Gasteiger partial charge in [-0.1, -0.05) is 76.8 Å². The number of aryl methyl sites for hydroxylation is 1. The molecule has 0 saturated carbocycles. The smallest absolute Gasteiger partial charge is 1.00 e. The second kappa shape index (κ2) is 13.6. The summed E-state index contributed by atoms with van der Waals surface area (Å²) in [5.74, 6) is 0.367. The van der Waals surface area contributed by atoms with Gasteiger partial charge in [-0.2, -0.15) is 0 Å². The molecule has 0 radical (unpaired) electrons. The number of phenols is 1. The summed E-state index contributed by atoms with van der Waals surface area (Å²) in [5, 5.41) is 9.20. The molecule has 0 aliphatic carbocycles. The molecule has 1 nitrogen and oxygen atoms in total. The van der Waals surface area contributed by atoms with Crippen molar-refractivity contribution in [2.75, 3.05) is 0 Å². The number of phenolic OH excluding ortho intramolecular Hbond substituents is 1. The molecule has 20 heavy (non-hydrogen) atoms. The summed E-state index contributed by atoms with van der Waals surface area (Å²) in [7, 11) is 0. The molecule has 110 valence electrons. The van der Waals surface area contributed by atoms with Crippen LogP contribution in [0.3, 0.4) is 0 Å². The van der Waals surface area contributed by atoms with Gasteiger partial charge < -0.3 is 6.53 Å². The molecule has 1 aromatic carbocycles. The molecular formula is C18H31LiO. The number of rotatable bonds is 11. The standard InChI is InChI=1S/C18H30O.Li.H/c1-2-3-4-5-6-7-8-9-10-11-12-17-13-15-18(19)16-14-17;;/h13-16,19H,2-12H2,1H3;;/q;+1;-1. The van der Waals surface area contributed by atoms with Crippen LogP contribution in [0.2, 0.25) is 0 Å². The molecule has 0 spiro atoms. The fourth-order valence-corrected chi connectivity index (χ4v) is 2.48. The van der Waals surface area contributed by atoms with Crippen LogP contribution in [0, 0.1) is 0 Å². The molecule has 1 aromatic rings. The van der Waals surface area contributed by atoms with Crippen molar-refractivity contribution in [1.82, 2.24) is 0 Å². The predicted octanol–water partition coefficient (Wildman–Crippen LogP) is 2.97. The van der Waals surface area contributed by atoms with E-state index in [9.17, 15) is 5.11 Å². The second-order valence-electron chi connectivity index (χ2n) is 5.60. The summed E-state index contributed by atoms with van der Waals surface area (Å²) >= 11 is 0. The van der Waals surface area contributed by atoms with Crippen molar-refractivity contribution in [3.05, 3.63) is 29.8 Å². The number of hydrogen-bond donors (Lipinski definition) is 1. The maximum atomic E-state index is 9.20. The summed E-state index contributed by atoms with van der Waals surface area (Å²) < 4.78 is 0. The molecule has 2 heteroatoms. The van der Waals surface area contributed by atoms with Crippen molar-refractivity contribution < 1.29 is 25.4 Å². The summed E-state index contributed by atoms with van der Waals surface area (Å²) in [6.45, 7) is 2.27. The Labute approximate surface area is 138 Å². The van der Waals surface area contributed by atoms with E-state index in [-0.39, 0.29) is 20.3 Å². The molecule has 0 saturated heterocycles. The molecule has 0 amide bonds. The zero-order chi connectivity index (χ0) is 13.8. The first-order chi connectivity index (χ1) is 9.33. The van der Waals surface area contributed by atoms with Crippen LogP contribution in [0.15, 0.2) is 24.3 Å². The maximum Gasteiger partial charge on any atom is 1.00 e. The van der Waals surface area contributed by atoms with Gasteiger partial charge in [-0.3, -0.25) is 0 Å². The summed E-state index contributed by atoms with van der Waals surface area (Å²) in [6, 6.07) is 7.63. The van der Waals surface area contributed by atoms with Crippen molar-refractivity contribution >= 4 is 0 Å². The van der Waals surface area contributed by atoms with E-state index in [1.807, 2.05) is 12.1 Å². The molecule has 0 heterocycles. The van der Waals surface area contributed by atoms with Crippen LogP contribution in [-0.4, -0.2) is 5.11 Å². The first kappa shape index (κ1) is 19.6. The van der Waals surface area contributed by atoms with E-state index in [0.29, 0.717) is 5.75 Å². The molecule has 0 bridgehead atoms. The molecule has 0 aliphatic rings. The van der Waals surface area contributed by atoms with Crippen molar-refractivity contribution in [3.8, 4) is 5.75 Å². The van der Waals surface area contributed by atoms with E-state index in [2.05, 4.69) is 6.92 Å². The Bertz CT molecular complexity index is 313. The number of unbranched alkanes of at least 4 members (excludes halogenated alkanes) is 9. The Morgan fingerprint density at radius 3 is 1.70 bits per heavy atom. The summed E-state index contributed by atoms with van der Waals surface area (Å²) in [4.78, 5) is 0. The van der Waals surface area contributed by atoms with E-state index in [1.54, 1.807) is 12.1 Å². The van der Waals surface area contributed by atoms with Crippen LogP contribution in [0.25, 0.3) is 0 Å². The third-order valence-electron chi connectivity index (χ3n) is 3.76. The quantitative estimate of drug-likeness (QED) is 0.484. The Hall–Kier alpha value is -0.383. The van der Waals surface area contributed by atoms with Gasteiger partial charge in [0.25, 0.3) is 0 Å². The summed E-state index contributed by atoms with van der Waals surface area (Å²) in [6.07, 6.45) is 15.0. The van der Waals surface area contributed by atoms with Crippen molar-refractivity contribution in [3.63, 3.8) is 0 Å². The van der Waals surface area contributed by atoms with Crippen LogP contribution in [0.1, 0.15) is 78.1 Å². The minimum Gasteiger partial charge on any atom is -1.00 e. The van der Waals surface area contributed by atoms with Gasteiger partial charge in [0.05, 0.1) is 0 Å². The normalized spacial score (nSPS) is 10.2. The fourth-order valence-electron chi connectivity index (χ4n) is 2.48. The zero-order valence-electron chi connectivity index (χ0n) is 14.5. The predicted molar refractivity (Wildman–Crippen MR) is 84.8 cm³/mol. The van der Waals surface area contributed by atoms with Crippen LogP contribution in [-0.2, 0) is 6.42 Å². The van der Waals surface area contributed by atoms with Gasteiger partial charge in [-0.15, -0.1) is 0 Å². The van der Waals surface area contributed by atoms with E-state index >= 15 is 0 Å². The van der Waals surface area contributed by atoms with Crippen LogP contribution in [0.5, 0.6) is 5.75 Å².